The van der Waals surface area contributed by atoms with E-state index in [0.29, 0.717) is 5.56 Å². The first-order valence-corrected chi connectivity index (χ1v) is 15.3. The van der Waals surface area contributed by atoms with Gasteiger partial charge in [0.1, 0.15) is 4.90 Å². The molecule has 0 aliphatic rings. The van der Waals surface area contributed by atoms with Crippen LogP contribution in [0.15, 0.2) is 116 Å². The highest BCUT2D eigenvalue weighted by Crippen LogP contribution is 2.19. The fraction of sp³-hybridized carbons (Fsp3) is 0.129. The van der Waals surface area contributed by atoms with E-state index in [1.807, 2.05) is 57.2 Å². The molecular formula is C31H30N2O6S2. The van der Waals surface area contributed by atoms with Crippen LogP contribution in [0.4, 0.5) is 0 Å². The summed E-state index contributed by atoms with van der Waals surface area (Å²) >= 11 is 0. The monoisotopic (exact) mass is 590 g/mol. The SMILES string of the molecule is COC(=O)c1ccccc1S(=O)(=O)N=Cc1ccc(C)cc1.Cc1ccc(S(=O)(=O)N=Cc2cccc(C)c2)cc1. The topological polar surface area (TPSA) is 119 Å². The number of rotatable bonds is 7. The molecular weight excluding hydrogens is 560 g/mol. The lowest BCUT2D eigenvalue weighted by molar-refractivity contribution is 0.0596. The van der Waals surface area contributed by atoms with Crippen molar-refractivity contribution in [3.63, 3.8) is 0 Å². The van der Waals surface area contributed by atoms with E-state index in [2.05, 4.69) is 13.5 Å². The third-order valence-corrected chi connectivity index (χ3v) is 8.24. The Morgan fingerprint density at radius 2 is 1.20 bits per heavy atom. The van der Waals surface area contributed by atoms with Crippen molar-refractivity contribution in [2.24, 2.45) is 8.80 Å². The van der Waals surface area contributed by atoms with Gasteiger partial charge in [0, 0.05) is 12.4 Å². The lowest BCUT2D eigenvalue weighted by Gasteiger charge is -2.05. The van der Waals surface area contributed by atoms with Gasteiger partial charge in [-0.15, -0.1) is 0 Å². The van der Waals surface area contributed by atoms with Gasteiger partial charge in [-0.1, -0.05) is 89.5 Å². The van der Waals surface area contributed by atoms with Crippen molar-refractivity contribution in [2.45, 2.75) is 30.6 Å². The molecule has 0 bridgehead atoms. The Morgan fingerprint density at radius 1 is 0.634 bits per heavy atom. The van der Waals surface area contributed by atoms with Crippen LogP contribution in [-0.4, -0.2) is 42.3 Å². The number of hydrogen-bond acceptors (Lipinski definition) is 6. The predicted molar refractivity (Wildman–Crippen MR) is 161 cm³/mol. The number of carbonyl (C=O) groups is 1. The van der Waals surface area contributed by atoms with Gasteiger partial charge in [-0.05, 0) is 56.2 Å². The number of aryl methyl sites for hydroxylation is 3. The summed E-state index contributed by atoms with van der Waals surface area (Å²) < 4.78 is 60.6. The minimum atomic E-state index is -3.99. The largest absolute Gasteiger partial charge is 0.465 e. The molecule has 0 aromatic heterocycles. The summed E-state index contributed by atoms with van der Waals surface area (Å²) in [4.78, 5) is 11.7. The molecule has 0 aliphatic heterocycles. The zero-order valence-electron chi connectivity index (χ0n) is 23.1. The summed E-state index contributed by atoms with van der Waals surface area (Å²) in [6, 6.07) is 27.2. The lowest BCUT2D eigenvalue weighted by atomic mass is 10.2. The van der Waals surface area contributed by atoms with E-state index in [4.69, 9.17) is 0 Å². The van der Waals surface area contributed by atoms with E-state index in [1.165, 1.54) is 37.7 Å². The maximum Gasteiger partial charge on any atom is 0.339 e. The van der Waals surface area contributed by atoms with Gasteiger partial charge in [-0.2, -0.15) is 25.6 Å². The van der Waals surface area contributed by atoms with Crippen molar-refractivity contribution in [3.05, 3.63) is 130 Å². The standard InChI is InChI=1S/C16H15NO4S.C15H15NO2S/c1-12-7-9-13(10-8-12)11-17-22(19,20)15-6-4-3-5-14(15)16(18)21-2;1-12-6-8-15(9-7-12)19(17,18)16-11-14-5-3-4-13(2)10-14/h3-11H,1-2H3;3-11H,1-2H3. The van der Waals surface area contributed by atoms with Crippen LogP contribution in [0.5, 0.6) is 0 Å². The molecule has 41 heavy (non-hydrogen) atoms. The third kappa shape index (κ3) is 9.06. The molecule has 0 N–H and O–H groups in total. The first-order valence-electron chi connectivity index (χ1n) is 12.4. The Kier molecular flexibility index (Phi) is 10.5. The fourth-order valence-electron chi connectivity index (χ4n) is 3.46. The quantitative estimate of drug-likeness (QED) is 0.201. The van der Waals surface area contributed by atoms with E-state index in [0.717, 1.165) is 22.3 Å². The van der Waals surface area contributed by atoms with Crippen molar-refractivity contribution < 1.29 is 26.4 Å². The number of benzene rings is 4. The zero-order chi connectivity index (χ0) is 30.0. The number of hydrogen-bond donors (Lipinski definition) is 0. The molecule has 8 nitrogen and oxygen atoms in total. The van der Waals surface area contributed by atoms with Gasteiger partial charge < -0.3 is 4.74 Å². The van der Waals surface area contributed by atoms with Gasteiger partial charge in [0.15, 0.2) is 0 Å². The Labute approximate surface area is 241 Å². The van der Waals surface area contributed by atoms with Crippen molar-refractivity contribution in [3.8, 4) is 0 Å². The van der Waals surface area contributed by atoms with Crippen molar-refractivity contribution in [2.75, 3.05) is 7.11 Å². The predicted octanol–water partition coefficient (Wildman–Crippen LogP) is 5.70. The first-order chi connectivity index (χ1) is 19.4. The van der Waals surface area contributed by atoms with Gasteiger partial charge in [-0.3, -0.25) is 0 Å². The van der Waals surface area contributed by atoms with E-state index in [-0.39, 0.29) is 15.4 Å². The fourth-order valence-corrected chi connectivity index (χ4v) is 5.38. The second-order valence-corrected chi connectivity index (χ2v) is 12.3. The highest BCUT2D eigenvalue weighted by molar-refractivity contribution is 7.90. The minimum absolute atomic E-state index is 0.0361. The molecule has 0 radical (unpaired) electrons. The summed E-state index contributed by atoms with van der Waals surface area (Å²) in [6.45, 7) is 5.79. The number of sulfonamides is 2. The number of methoxy groups -OCH3 is 1. The molecule has 0 saturated carbocycles. The third-order valence-electron chi connectivity index (χ3n) is 5.69. The molecule has 0 amide bonds. The Bertz CT molecular complexity index is 1780. The first kappa shape index (κ1) is 31.1. The van der Waals surface area contributed by atoms with E-state index >= 15 is 0 Å². The molecule has 0 unspecified atom stereocenters. The molecule has 4 aromatic carbocycles. The Morgan fingerprint density at radius 3 is 1.80 bits per heavy atom. The van der Waals surface area contributed by atoms with Crippen LogP contribution in [0.2, 0.25) is 0 Å². The number of esters is 1. The molecule has 4 rings (SSSR count). The van der Waals surface area contributed by atoms with Gasteiger partial charge >= 0.3 is 5.97 Å². The van der Waals surface area contributed by atoms with Crippen LogP contribution in [0.3, 0.4) is 0 Å². The van der Waals surface area contributed by atoms with Crippen LogP contribution in [0, 0.1) is 20.8 Å². The number of carbonyl (C=O) groups excluding carboxylic acids is 1. The summed E-state index contributed by atoms with van der Waals surface area (Å²) in [5.41, 5.74) is 4.54. The molecule has 4 aromatic rings. The van der Waals surface area contributed by atoms with Gasteiger partial charge in [-0.25, -0.2) is 4.79 Å². The zero-order valence-corrected chi connectivity index (χ0v) is 24.7. The lowest BCUT2D eigenvalue weighted by Crippen LogP contribution is -2.09. The molecule has 0 atom stereocenters. The highest BCUT2D eigenvalue weighted by Gasteiger charge is 2.21. The molecule has 0 saturated heterocycles. The molecule has 0 fully saturated rings. The van der Waals surface area contributed by atoms with E-state index in [1.54, 1.807) is 42.5 Å². The van der Waals surface area contributed by atoms with Crippen LogP contribution in [-0.2, 0) is 24.8 Å². The number of ether oxygens (including phenoxy) is 1. The maximum absolute atomic E-state index is 12.3. The Balaban J connectivity index is 0.000000228. The normalized spacial score (nSPS) is 11.7. The van der Waals surface area contributed by atoms with Crippen molar-refractivity contribution in [1.82, 2.24) is 0 Å². The van der Waals surface area contributed by atoms with Crippen LogP contribution < -0.4 is 0 Å². The maximum atomic E-state index is 12.3. The molecule has 212 valence electrons. The summed E-state index contributed by atoms with van der Waals surface area (Å²) in [5.74, 6) is -0.718. The summed E-state index contributed by atoms with van der Waals surface area (Å²) in [7, 11) is -6.41. The average molecular weight is 591 g/mol. The highest BCUT2D eigenvalue weighted by atomic mass is 32.2. The smallest absolute Gasteiger partial charge is 0.339 e. The summed E-state index contributed by atoms with van der Waals surface area (Å²) in [6.07, 6.45) is 2.63. The van der Waals surface area contributed by atoms with Crippen LogP contribution >= 0.6 is 0 Å². The average Bonchev–Trinajstić information content (AvgIpc) is 2.96. The molecule has 10 heteroatoms. The van der Waals surface area contributed by atoms with Gasteiger partial charge in [0.05, 0.1) is 17.6 Å². The van der Waals surface area contributed by atoms with Gasteiger partial charge in [0.25, 0.3) is 20.0 Å². The summed E-state index contributed by atoms with van der Waals surface area (Å²) in [5, 5.41) is 0. The van der Waals surface area contributed by atoms with Crippen LogP contribution in [0.25, 0.3) is 0 Å². The minimum Gasteiger partial charge on any atom is -0.465 e. The van der Waals surface area contributed by atoms with Crippen LogP contribution in [0.1, 0.15) is 38.2 Å². The van der Waals surface area contributed by atoms with E-state index in [9.17, 15) is 21.6 Å². The van der Waals surface area contributed by atoms with Crippen molar-refractivity contribution >= 4 is 38.4 Å². The molecule has 0 aliphatic carbocycles. The van der Waals surface area contributed by atoms with E-state index < -0.39 is 26.0 Å². The Hall–Kier alpha value is -4.41. The van der Waals surface area contributed by atoms with Gasteiger partial charge in [0.2, 0.25) is 0 Å². The number of nitrogens with zero attached hydrogens (tertiary/aromatic N) is 2. The molecule has 0 heterocycles. The van der Waals surface area contributed by atoms with Crippen molar-refractivity contribution in [1.29, 1.82) is 0 Å². The second kappa shape index (κ2) is 13.8. The molecule has 0 spiro atoms. The second-order valence-electron chi connectivity index (χ2n) is 9.04.